The maximum Gasteiger partial charge on any atom is 0.205 e. The van der Waals surface area contributed by atoms with E-state index in [-0.39, 0.29) is 19.6 Å². The van der Waals surface area contributed by atoms with Gasteiger partial charge >= 0.3 is 0 Å². The topological polar surface area (TPSA) is 232 Å². The van der Waals surface area contributed by atoms with E-state index in [1.165, 1.54) is 6.26 Å². The van der Waals surface area contributed by atoms with Crippen molar-refractivity contribution in [2.45, 2.75) is 85.6 Å². The van der Waals surface area contributed by atoms with Crippen molar-refractivity contribution >= 4 is 0 Å². The molecule has 14 nitrogen and oxygen atoms in total. The Bertz CT molecular complexity index is 812. The molecule has 0 aromatic heterocycles. The number of aliphatic hydroxyl groups is 9. The number of hydrogen-bond donors (Lipinski definition) is 9. The number of hydrogen-bond acceptors (Lipinski definition) is 14. The smallest absolute Gasteiger partial charge is 0.205 e. The normalized spacial score (nSPS) is 56.1. The molecule has 14 heteroatoms. The minimum absolute atomic E-state index is 0.0171. The highest BCUT2D eigenvalue weighted by Gasteiger charge is 2.75. The van der Waals surface area contributed by atoms with Gasteiger partial charge < -0.3 is 69.6 Å². The number of rotatable bonds is 7. The van der Waals surface area contributed by atoms with Crippen LogP contribution in [0.4, 0.5) is 0 Å². The van der Waals surface area contributed by atoms with Gasteiger partial charge in [0.05, 0.1) is 50.3 Å². The van der Waals surface area contributed by atoms with Gasteiger partial charge in [-0.1, -0.05) is 0 Å². The van der Waals surface area contributed by atoms with Crippen molar-refractivity contribution in [3.8, 4) is 0 Å². The molecule has 3 aliphatic heterocycles. The number of ether oxygens (including phenoxy) is 5. The van der Waals surface area contributed by atoms with Crippen LogP contribution < -0.4 is 0 Å². The predicted molar refractivity (Wildman–Crippen MR) is 112 cm³/mol. The molecule has 0 bridgehead atoms. The molecular weight excluding hydrogens is 488 g/mol. The van der Waals surface area contributed by atoms with Crippen LogP contribution in [0.2, 0.25) is 0 Å². The molecule has 0 unspecified atom stereocenters. The summed E-state index contributed by atoms with van der Waals surface area (Å²) in [5.74, 6) is -1.80. The van der Waals surface area contributed by atoms with Gasteiger partial charge in [0.1, 0.15) is 48.3 Å². The van der Waals surface area contributed by atoms with Crippen molar-refractivity contribution in [2.75, 3.05) is 19.8 Å². The zero-order valence-electron chi connectivity index (χ0n) is 19.2. The van der Waals surface area contributed by atoms with Crippen LogP contribution in [-0.2, 0) is 23.7 Å². The summed E-state index contributed by atoms with van der Waals surface area (Å²) in [6.45, 7) is -1.29. The fraction of sp³-hybridized carbons (Fsp3) is 0.909. The molecule has 2 saturated heterocycles. The second-order valence-electron chi connectivity index (χ2n) is 10.3. The molecule has 0 amide bonds. The Morgan fingerprint density at radius 2 is 1.56 bits per heavy atom. The molecule has 3 heterocycles. The van der Waals surface area contributed by atoms with Crippen molar-refractivity contribution < 1.29 is 69.6 Å². The van der Waals surface area contributed by atoms with Gasteiger partial charge in [0.2, 0.25) is 6.29 Å². The van der Waals surface area contributed by atoms with E-state index in [0.717, 1.165) is 0 Å². The van der Waals surface area contributed by atoms with Crippen LogP contribution in [-0.4, -0.2) is 145 Å². The highest BCUT2D eigenvalue weighted by molar-refractivity contribution is 5.24. The molecular formula is C22H34O14. The lowest BCUT2D eigenvalue weighted by molar-refractivity contribution is -0.308. The molecule has 0 radical (unpaired) electrons. The van der Waals surface area contributed by atoms with E-state index in [9.17, 15) is 46.0 Å². The molecule has 2 aliphatic carbocycles. The predicted octanol–water partition coefficient (Wildman–Crippen LogP) is -5.10. The first-order valence-corrected chi connectivity index (χ1v) is 12.0. The fourth-order valence-electron chi connectivity index (χ4n) is 6.04. The standard InChI is InChI=1S/C22H34O14/c23-4-10-15(28)17(30)18(31)21(35-10)33-5-7-3-9(14(27)16(29)12(7)25)34-20-11-8(1-2-32-20)13(26)19-22(11,6-24)36-19/h1-2,7-21,23-31H,3-6H2/t7-,8-,9-,10-,11-,12-,13+,14+,15+,16+,17+,18-,19+,20+,21+,22-/m1/s1. The van der Waals surface area contributed by atoms with Crippen molar-refractivity contribution in [1.82, 2.24) is 0 Å². The van der Waals surface area contributed by atoms with Crippen molar-refractivity contribution in [2.24, 2.45) is 17.8 Å². The summed E-state index contributed by atoms with van der Waals surface area (Å²) in [5.41, 5.74) is -1.04. The van der Waals surface area contributed by atoms with Gasteiger partial charge in [-0.25, -0.2) is 0 Å². The molecule has 5 aliphatic rings. The molecule has 2 saturated carbocycles. The van der Waals surface area contributed by atoms with Gasteiger partial charge in [-0.3, -0.25) is 0 Å². The van der Waals surface area contributed by atoms with Gasteiger partial charge in [-0.15, -0.1) is 0 Å². The Labute approximate surface area is 205 Å². The van der Waals surface area contributed by atoms with Crippen LogP contribution in [0.15, 0.2) is 12.3 Å². The third kappa shape index (κ3) is 4.18. The Balaban J connectivity index is 1.25. The zero-order valence-corrected chi connectivity index (χ0v) is 19.2. The van der Waals surface area contributed by atoms with E-state index in [4.69, 9.17) is 23.7 Å². The molecule has 4 fully saturated rings. The Morgan fingerprint density at radius 3 is 2.25 bits per heavy atom. The third-order valence-corrected chi connectivity index (χ3v) is 8.24. The van der Waals surface area contributed by atoms with Crippen LogP contribution in [0.3, 0.4) is 0 Å². The SMILES string of the molecule is OC[C@H]1O[C@H](OC[C@H]2C[C@@H](O[C@@H]3OC=C[C@H]4[C@H](O)[C@@H]5O[C@]5(CO)[C@@H]34)[C@H](O)[C@@H](O)[C@@H]2O)[C@H](O)[C@@H](O)[C@H]1O. The van der Waals surface area contributed by atoms with Crippen LogP contribution in [0.5, 0.6) is 0 Å². The van der Waals surface area contributed by atoms with Gasteiger partial charge in [-0.05, 0) is 12.5 Å². The number of fused-ring (bicyclic) bond motifs is 3. The summed E-state index contributed by atoms with van der Waals surface area (Å²) < 4.78 is 28.0. The zero-order chi connectivity index (χ0) is 25.9. The molecule has 206 valence electrons. The number of epoxide rings is 1. The molecule has 0 aromatic carbocycles. The Hall–Kier alpha value is -0.980. The van der Waals surface area contributed by atoms with E-state index in [2.05, 4.69) is 0 Å². The van der Waals surface area contributed by atoms with E-state index in [1.54, 1.807) is 6.08 Å². The monoisotopic (exact) mass is 522 g/mol. The second-order valence-corrected chi connectivity index (χ2v) is 10.3. The average molecular weight is 523 g/mol. The minimum atomic E-state index is -1.64. The lowest BCUT2D eigenvalue weighted by Crippen LogP contribution is -2.60. The summed E-state index contributed by atoms with van der Waals surface area (Å²) in [4.78, 5) is 0. The van der Waals surface area contributed by atoms with Crippen LogP contribution in [0.1, 0.15) is 6.42 Å². The van der Waals surface area contributed by atoms with Crippen LogP contribution in [0, 0.1) is 17.8 Å². The van der Waals surface area contributed by atoms with Crippen molar-refractivity contribution in [3.63, 3.8) is 0 Å². The van der Waals surface area contributed by atoms with Gasteiger partial charge in [0, 0.05) is 11.8 Å². The first kappa shape index (κ1) is 26.6. The molecule has 0 spiro atoms. The van der Waals surface area contributed by atoms with Gasteiger partial charge in [0.15, 0.2) is 6.29 Å². The summed E-state index contributed by atoms with van der Waals surface area (Å²) in [5, 5.41) is 91.3. The molecule has 36 heavy (non-hydrogen) atoms. The third-order valence-electron chi connectivity index (χ3n) is 8.24. The molecule has 16 atom stereocenters. The van der Waals surface area contributed by atoms with Gasteiger partial charge in [0.25, 0.3) is 0 Å². The highest BCUT2D eigenvalue weighted by Crippen LogP contribution is 2.59. The molecule has 5 rings (SSSR count). The fourth-order valence-corrected chi connectivity index (χ4v) is 6.04. The second kappa shape index (κ2) is 9.96. The Kier molecular flexibility index (Phi) is 7.37. The van der Waals surface area contributed by atoms with Crippen molar-refractivity contribution in [1.29, 1.82) is 0 Å². The summed E-state index contributed by atoms with van der Waals surface area (Å²) in [6.07, 6.45) is -12.5. The van der Waals surface area contributed by atoms with Gasteiger partial charge in [-0.2, -0.15) is 0 Å². The molecule has 9 N–H and O–H groups in total. The van der Waals surface area contributed by atoms with Crippen molar-refractivity contribution in [3.05, 3.63) is 12.3 Å². The molecule has 0 aromatic rings. The Morgan fingerprint density at radius 1 is 0.833 bits per heavy atom. The summed E-state index contributed by atoms with van der Waals surface area (Å²) in [7, 11) is 0. The van der Waals surface area contributed by atoms with E-state index in [0.29, 0.717) is 0 Å². The average Bonchev–Trinajstić information content (AvgIpc) is 3.57. The minimum Gasteiger partial charge on any atom is -0.472 e. The van der Waals surface area contributed by atoms with E-state index >= 15 is 0 Å². The van der Waals surface area contributed by atoms with E-state index < -0.39 is 104 Å². The highest BCUT2D eigenvalue weighted by atomic mass is 16.7. The summed E-state index contributed by atoms with van der Waals surface area (Å²) in [6, 6.07) is 0. The van der Waals surface area contributed by atoms with Crippen LogP contribution >= 0.6 is 0 Å². The first-order valence-electron chi connectivity index (χ1n) is 12.0. The largest absolute Gasteiger partial charge is 0.472 e. The summed E-state index contributed by atoms with van der Waals surface area (Å²) >= 11 is 0. The lowest BCUT2D eigenvalue weighted by Gasteiger charge is -2.44. The van der Waals surface area contributed by atoms with Crippen LogP contribution in [0.25, 0.3) is 0 Å². The maximum atomic E-state index is 10.6. The quantitative estimate of drug-likeness (QED) is 0.142. The van der Waals surface area contributed by atoms with E-state index in [1.807, 2.05) is 0 Å². The first-order chi connectivity index (χ1) is 17.1. The number of aliphatic hydroxyl groups excluding tert-OH is 9. The lowest BCUT2D eigenvalue weighted by atomic mass is 9.80. The maximum absolute atomic E-state index is 10.6.